The van der Waals surface area contributed by atoms with E-state index in [4.69, 9.17) is 17.3 Å². The largest absolute Gasteiger partial charge is 0.388 e. The Hall–Kier alpha value is -0.810. The van der Waals surface area contributed by atoms with Gasteiger partial charge in [-0.25, -0.2) is 0 Å². The summed E-state index contributed by atoms with van der Waals surface area (Å²) in [5.74, 6) is 0.284. The Morgan fingerprint density at radius 1 is 1.21 bits per heavy atom. The van der Waals surface area contributed by atoms with Crippen LogP contribution in [0.5, 0.6) is 0 Å². The van der Waals surface area contributed by atoms with Crippen molar-refractivity contribution in [3.05, 3.63) is 34.9 Å². The predicted octanol–water partition coefficient (Wildman–Crippen LogP) is 3.31. The molecule has 1 atom stereocenters. The molecule has 1 aromatic rings. The molecular formula is C18H26Cl2N2O2. The minimum Gasteiger partial charge on any atom is -0.388 e. The van der Waals surface area contributed by atoms with E-state index in [0.717, 1.165) is 44.1 Å². The highest BCUT2D eigenvalue weighted by atomic mass is 35.5. The lowest BCUT2D eigenvalue weighted by Crippen LogP contribution is -2.55. The van der Waals surface area contributed by atoms with Crippen LogP contribution in [0.15, 0.2) is 24.3 Å². The van der Waals surface area contributed by atoms with E-state index in [-0.39, 0.29) is 24.2 Å². The van der Waals surface area contributed by atoms with Crippen molar-refractivity contribution in [2.45, 2.75) is 50.2 Å². The molecule has 3 N–H and O–H groups in total. The van der Waals surface area contributed by atoms with E-state index in [2.05, 4.69) is 0 Å². The molecule has 1 aliphatic heterocycles. The van der Waals surface area contributed by atoms with Crippen LogP contribution in [0.25, 0.3) is 0 Å². The molecule has 0 bridgehead atoms. The summed E-state index contributed by atoms with van der Waals surface area (Å²) >= 11 is 5.89. The van der Waals surface area contributed by atoms with Crippen molar-refractivity contribution in [1.82, 2.24) is 4.90 Å². The molecule has 24 heavy (non-hydrogen) atoms. The van der Waals surface area contributed by atoms with Crippen LogP contribution in [0.4, 0.5) is 0 Å². The lowest BCUT2D eigenvalue weighted by Gasteiger charge is -2.38. The highest BCUT2D eigenvalue weighted by Gasteiger charge is 2.41. The quantitative estimate of drug-likeness (QED) is 0.854. The Morgan fingerprint density at radius 3 is 2.29 bits per heavy atom. The SMILES string of the molecule is Cl.NC1(C(=O)N2CCC(C(O)c3ccc(Cl)cc3)CC2)CCCC1. The third kappa shape index (κ3) is 4.05. The van der Waals surface area contributed by atoms with Gasteiger partial charge in [-0.2, -0.15) is 0 Å². The number of nitrogens with two attached hydrogens (primary N) is 1. The number of carbonyl (C=O) groups excluding carboxylic acids is 1. The summed E-state index contributed by atoms with van der Waals surface area (Å²) in [6, 6.07) is 7.35. The van der Waals surface area contributed by atoms with Gasteiger partial charge in [0.1, 0.15) is 0 Å². The van der Waals surface area contributed by atoms with Crippen LogP contribution >= 0.6 is 24.0 Å². The fourth-order valence-electron chi connectivity index (χ4n) is 3.89. The molecule has 1 saturated heterocycles. The van der Waals surface area contributed by atoms with Crippen LogP contribution in [-0.4, -0.2) is 34.5 Å². The standard InChI is InChI=1S/C18H25ClN2O2.ClH/c19-15-5-3-13(4-6-15)16(22)14-7-11-21(12-8-14)17(23)18(20)9-1-2-10-18;/h3-6,14,16,22H,1-2,7-12,20H2;1H. The maximum absolute atomic E-state index is 12.6. The van der Waals surface area contributed by atoms with E-state index < -0.39 is 11.6 Å². The lowest BCUT2D eigenvalue weighted by molar-refractivity contribution is -0.138. The third-order valence-corrected chi connectivity index (χ3v) is 5.66. The number of hydrogen-bond donors (Lipinski definition) is 2. The number of rotatable bonds is 3. The zero-order chi connectivity index (χ0) is 16.4. The molecule has 2 aliphatic rings. The molecule has 1 unspecified atom stereocenters. The maximum atomic E-state index is 12.6. The van der Waals surface area contributed by atoms with E-state index in [0.29, 0.717) is 18.1 Å². The number of halogens is 2. The Bertz CT molecular complexity index is 551. The highest BCUT2D eigenvalue weighted by Crippen LogP contribution is 2.34. The van der Waals surface area contributed by atoms with Crippen molar-refractivity contribution >= 4 is 29.9 Å². The second-order valence-electron chi connectivity index (χ2n) is 6.99. The van der Waals surface area contributed by atoms with E-state index in [1.54, 1.807) is 12.1 Å². The molecule has 0 spiro atoms. The fraction of sp³-hybridized carbons (Fsp3) is 0.611. The Labute approximate surface area is 154 Å². The molecule has 1 amide bonds. The number of carbonyl (C=O) groups is 1. The lowest BCUT2D eigenvalue weighted by atomic mass is 9.86. The van der Waals surface area contributed by atoms with Gasteiger partial charge in [0.2, 0.25) is 5.91 Å². The number of benzene rings is 1. The van der Waals surface area contributed by atoms with E-state index >= 15 is 0 Å². The number of hydrogen-bond acceptors (Lipinski definition) is 3. The summed E-state index contributed by atoms with van der Waals surface area (Å²) in [4.78, 5) is 14.5. The van der Waals surface area contributed by atoms with Crippen molar-refractivity contribution in [3.63, 3.8) is 0 Å². The fourth-order valence-corrected chi connectivity index (χ4v) is 4.01. The van der Waals surface area contributed by atoms with Crippen LogP contribution in [-0.2, 0) is 4.79 Å². The summed E-state index contributed by atoms with van der Waals surface area (Å²) in [5, 5.41) is 11.2. The summed E-state index contributed by atoms with van der Waals surface area (Å²) in [6.45, 7) is 1.38. The van der Waals surface area contributed by atoms with Crippen LogP contribution < -0.4 is 5.73 Å². The number of likely N-dealkylation sites (tertiary alicyclic amines) is 1. The number of aliphatic hydroxyl groups is 1. The zero-order valence-corrected chi connectivity index (χ0v) is 15.4. The van der Waals surface area contributed by atoms with E-state index in [9.17, 15) is 9.90 Å². The topological polar surface area (TPSA) is 66.6 Å². The Kier molecular flexibility index (Phi) is 6.54. The van der Waals surface area contributed by atoms with Crippen molar-refractivity contribution in [2.24, 2.45) is 11.7 Å². The van der Waals surface area contributed by atoms with E-state index in [1.165, 1.54) is 0 Å². The first kappa shape index (κ1) is 19.5. The van der Waals surface area contributed by atoms with Crippen LogP contribution in [0.2, 0.25) is 5.02 Å². The van der Waals surface area contributed by atoms with Gasteiger partial charge in [-0.15, -0.1) is 12.4 Å². The van der Waals surface area contributed by atoms with Gasteiger partial charge in [-0.05, 0) is 49.3 Å². The van der Waals surface area contributed by atoms with Crippen molar-refractivity contribution in [3.8, 4) is 0 Å². The van der Waals surface area contributed by atoms with Gasteiger partial charge in [0, 0.05) is 18.1 Å². The zero-order valence-electron chi connectivity index (χ0n) is 13.8. The number of piperidine rings is 1. The summed E-state index contributed by atoms with van der Waals surface area (Å²) in [5.41, 5.74) is 6.54. The molecule has 1 aromatic carbocycles. The van der Waals surface area contributed by atoms with Gasteiger partial charge in [0.25, 0.3) is 0 Å². The monoisotopic (exact) mass is 372 g/mol. The number of amides is 1. The highest BCUT2D eigenvalue weighted by molar-refractivity contribution is 6.30. The molecule has 2 fully saturated rings. The number of nitrogens with zero attached hydrogens (tertiary/aromatic N) is 1. The Balaban J connectivity index is 0.00000208. The molecule has 0 aromatic heterocycles. The summed E-state index contributed by atoms with van der Waals surface area (Å²) in [7, 11) is 0. The molecular weight excluding hydrogens is 347 g/mol. The predicted molar refractivity (Wildman–Crippen MR) is 98.4 cm³/mol. The van der Waals surface area contributed by atoms with E-state index in [1.807, 2.05) is 17.0 Å². The third-order valence-electron chi connectivity index (χ3n) is 5.41. The van der Waals surface area contributed by atoms with Crippen LogP contribution in [0.3, 0.4) is 0 Å². The minimum atomic E-state index is -0.637. The molecule has 1 heterocycles. The van der Waals surface area contributed by atoms with Crippen molar-refractivity contribution < 1.29 is 9.90 Å². The molecule has 3 rings (SSSR count). The van der Waals surface area contributed by atoms with Crippen molar-refractivity contribution in [1.29, 1.82) is 0 Å². The first-order chi connectivity index (χ1) is 11.0. The number of aliphatic hydroxyl groups excluding tert-OH is 1. The smallest absolute Gasteiger partial charge is 0.242 e. The minimum absolute atomic E-state index is 0. The average molecular weight is 373 g/mol. The molecule has 1 saturated carbocycles. The van der Waals surface area contributed by atoms with Gasteiger partial charge < -0.3 is 15.7 Å². The van der Waals surface area contributed by atoms with Gasteiger partial charge in [0.15, 0.2) is 0 Å². The van der Waals surface area contributed by atoms with Crippen LogP contribution in [0, 0.1) is 5.92 Å². The van der Waals surface area contributed by atoms with Crippen LogP contribution in [0.1, 0.15) is 50.2 Å². The normalized spacial score (nSPS) is 22.0. The Morgan fingerprint density at radius 2 is 1.75 bits per heavy atom. The molecule has 134 valence electrons. The second kappa shape index (κ2) is 8.05. The van der Waals surface area contributed by atoms with Gasteiger partial charge in [0.05, 0.1) is 11.6 Å². The van der Waals surface area contributed by atoms with Gasteiger partial charge >= 0.3 is 0 Å². The summed E-state index contributed by atoms with van der Waals surface area (Å²) in [6.07, 6.45) is 4.83. The molecule has 4 nitrogen and oxygen atoms in total. The van der Waals surface area contributed by atoms with Gasteiger partial charge in [-0.1, -0.05) is 36.6 Å². The second-order valence-corrected chi connectivity index (χ2v) is 7.43. The average Bonchev–Trinajstić information content (AvgIpc) is 3.02. The molecule has 6 heteroatoms. The first-order valence-electron chi connectivity index (χ1n) is 8.51. The van der Waals surface area contributed by atoms with Gasteiger partial charge in [-0.3, -0.25) is 4.79 Å². The molecule has 1 aliphatic carbocycles. The summed E-state index contributed by atoms with van der Waals surface area (Å²) < 4.78 is 0. The first-order valence-corrected chi connectivity index (χ1v) is 8.89. The molecule has 0 radical (unpaired) electrons. The maximum Gasteiger partial charge on any atom is 0.242 e. The van der Waals surface area contributed by atoms with Crippen molar-refractivity contribution in [2.75, 3.05) is 13.1 Å².